The Kier molecular flexibility index (Phi) is 7.95. The Labute approximate surface area is 229 Å². The molecule has 0 N–H and O–H groups in total. The Hall–Kier alpha value is -3.94. The van der Waals surface area contributed by atoms with E-state index in [-0.39, 0.29) is 17.9 Å². The Morgan fingerprint density at radius 3 is 2.33 bits per heavy atom. The van der Waals surface area contributed by atoms with E-state index in [9.17, 15) is 14.4 Å². The van der Waals surface area contributed by atoms with Gasteiger partial charge >= 0.3 is 12.1 Å². The van der Waals surface area contributed by atoms with E-state index in [0.29, 0.717) is 40.9 Å². The summed E-state index contributed by atoms with van der Waals surface area (Å²) in [4.78, 5) is 46.1. The number of ether oxygens (including phenoxy) is 2. The van der Waals surface area contributed by atoms with Gasteiger partial charge in [-0.2, -0.15) is 0 Å². The largest absolute Gasteiger partial charge is 0.460 e. The first-order valence-corrected chi connectivity index (χ1v) is 13.3. The molecule has 3 aromatic rings. The normalized spacial score (nSPS) is 16.2. The lowest BCUT2D eigenvalue weighted by molar-refractivity contribution is -0.153. The number of aromatic nitrogens is 2. The number of carbonyl (C=O) groups is 2. The molecule has 1 saturated heterocycles. The molecule has 2 aromatic carbocycles. The van der Waals surface area contributed by atoms with Crippen LogP contribution in [0.4, 0.5) is 4.79 Å². The lowest BCUT2D eigenvalue weighted by atomic mass is 10.1. The average Bonchev–Trinajstić information content (AvgIpc) is 3.32. The number of benzene rings is 2. The number of amides is 1. The van der Waals surface area contributed by atoms with Gasteiger partial charge in [0, 0.05) is 6.54 Å². The maximum absolute atomic E-state index is 14.2. The Morgan fingerprint density at radius 1 is 0.974 bits per heavy atom. The van der Waals surface area contributed by atoms with E-state index in [1.165, 1.54) is 0 Å². The minimum absolute atomic E-state index is 0.0823. The Morgan fingerprint density at radius 2 is 1.67 bits per heavy atom. The van der Waals surface area contributed by atoms with E-state index >= 15 is 0 Å². The average molecular weight is 532 g/mol. The summed E-state index contributed by atoms with van der Waals surface area (Å²) in [6, 6.07) is 14.4. The van der Waals surface area contributed by atoms with Crippen molar-refractivity contribution in [3.63, 3.8) is 0 Å². The smallest absolute Gasteiger partial charge is 0.410 e. The molecule has 1 aliphatic rings. The third-order valence-corrected chi connectivity index (χ3v) is 6.15. The van der Waals surface area contributed by atoms with Crippen LogP contribution in [0.5, 0.6) is 0 Å². The predicted molar refractivity (Wildman–Crippen MR) is 152 cm³/mol. The van der Waals surface area contributed by atoms with Gasteiger partial charge in [-0.15, -0.1) is 0 Å². The minimum Gasteiger partial charge on any atom is -0.460 e. The maximum Gasteiger partial charge on any atom is 0.410 e. The SMILES string of the molecule is CC(C)(C)OC(=O)C/C=C/c1cccc2nc(C3CCCN3C(=O)OC(C)(C)C)n(-c3ccccc3)c(=O)c12. The molecular formula is C31H37N3O5. The topological polar surface area (TPSA) is 90.7 Å². The molecule has 1 fully saturated rings. The van der Waals surface area contributed by atoms with Gasteiger partial charge in [0.1, 0.15) is 17.0 Å². The fourth-order valence-corrected chi connectivity index (χ4v) is 4.70. The van der Waals surface area contributed by atoms with Crippen LogP contribution in [0.15, 0.2) is 59.4 Å². The van der Waals surface area contributed by atoms with Gasteiger partial charge in [0.25, 0.3) is 5.56 Å². The second-order valence-electron chi connectivity index (χ2n) is 11.7. The molecule has 4 rings (SSSR count). The van der Waals surface area contributed by atoms with Crippen molar-refractivity contribution in [1.82, 2.24) is 14.5 Å². The van der Waals surface area contributed by atoms with Crippen molar-refractivity contribution in [1.29, 1.82) is 0 Å². The summed E-state index contributed by atoms with van der Waals surface area (Å²) in [7, 11) is 0. The lowest BCUT2D eigenvalue weighted by Crippen LogP contribution is -2.38. The van der Waals surface area contributed by atoms with Crippen molar-refractivity contribution in [2.75, 3.05) is 6.54 Å². The van der Waals surface area contributed by atoms with Crippen molar-refractivity contribution in [2.24, 2.45) is 0 Å². The van der Waals surface area contributed by atoms with Gasteiger partial charge in [-0.1, -0.05) is 42.5 Å². The van der Waals surface area contributed by atoms with Crippen LogP contribution in [0, 0.1) is 0 Å². The van der Waals surface area contributed by atoms with Gasteiger partial charge in [0.2, 0.25) is 0 Å². The summed E-state index contributed by atoms with van der Waals surface area (Å²) < 4.78 is 12.7. The second kappa shape index (κ2) is 11.0. The highest BCUT2D eigenvalue weighted by Crippen LogP contribution is 2.34. The van der Waals surface area contributed by atoms with Crippen LogP contribution in [-0.2, 0) is 14.3 Å². The number of esters is 1. The van der Waals surface area contributed by atoms with Crippen LogP contribution >= 0.6 is 0 Å². The number of hydrogen-bond donors (Lipinski definition) is 0. The van der Waals surface area contributed by atoms with Crippen molar-refractivity contribution in [2.45, 2.75) is 78.0 Å². The summed E-state index contributed by atoms with van der Waals surface area (Å²) in [5.74, 6) is 0.154. The third kappa shape index (κ3) is 6.74. The first-order chi connectivity index (χ1) is 18.3. The quantitative estimate of drug-likeness (QED) is 0.364. The van der Waals surface area contributed by atoms with Gasteiger partial charge in [-0.3, -0.25) is 19.1 Å². The third-order valence-electron chi connectivity index (χ3n) is 6.15. The van der Waals surface area contributed by atoms with Gasteiger partial charge in [-0.05, 0) is 78.1 Å². The minimum atomic E-state index is -0.638. The lowest BCUT2D eigenvalue weighted by Gasteiger charge is -2.29. The van der Waals surface area contributed by atoms with E-state index < -0.39 is 23.3 Å². The molecule has 1 amide bonds. The highest BCUT2D eigenvalue weighted by molar-refractivity contribution is 5.88. The summed E-state index contributed by atoms with van der Waals surface area (Å²) in [5.41, 5.74) is 0.394. The molecule has 8 nitrogen and oxygen atoms in total. The molecule has 39 heavy (non-hydrogen) atoms. The molecule has 1 atom stereocenters. The molecule has 0 aliphatic carbocycles. The zero-order chi connectivity index (χ0) is 28.4. The van der Waals surface area contributed by atoms with Crippen molar-refractivity contribution in [3.8, 4) is 5.69 Å². The van der Waals surface area contributed by atoms with Crippen LogP contribution in [0.1, 0.15) is 78.2 Å². The summed E-state index contributed by atoms with van der Waals surface area (Å²) in [6.07, 6.45) is 4.56. The zero-order valence-corrected chi connectivity index (χ0v) is 23.6. The molecule has 0 radical (unpaired) electrons. The molecule has 1 aliphatic heterocycles. The van der Waals surface area contributed by atoms with Crippen LogP contribution in [0.3, 0.4) is 0 Å². The number of likely N-dealkylation sites (tertiary alicyclic amines) is 1. The van der Waals surface area contributed by atoms with Crippen LogP contribution in [0.25, 0.3) is 22.7 Å². The van der Waals surface area contributed by atoms with Crippen molar-refractivity contribution < 1.29 is 19.1 Å². The Balaban J connectivity index is 1.81. The molecule has 2 heterocycles. The molecule has 0 spiro atoms. The molecule has 0 bridgehead atoms. The van der Waals surface area contributed by atoms with E-state index in [0.717, 1.165) is 6.42 Å². The fraction of sp³-hybridized carbons (Fsp3) is 0.419. The van der Waals surface area contributed by atoms with Crippen molar-refractivity contribution >= 4 is 29.0 Å². The fourth-order valence-electron chi connectivity index (χ4n) is 4.70. The Bertz CT molecular complexity index is 1450. The molecular weight excluding hydrogens is 494 g/mol. The number of carbonyl (C=O) groups excluding carboxylic acids is 2. The van der Waals surface area contributed by atoms with E-state index in [1.807, 2.05) is 84.0 Å². The maximum atomic E-state index is 14.2. The number of rotatable bonds is 5. The van der Waals surface area contributed by atoms with Gasteiger partial charge in [0.15, 0.2) is 0 Å². The van der Waals surface area contributed by atoms with E-state index in [4.69, 9.17) is 14.5 Å². The summed E-state index contributed by atoms with van der Waals surface area (Å²) in [5, 5.41) is 0.437. The number of para-hydroxylation sites is 1. The van der Waals surface area contributed by atoms with Crippen LogP contribution < -0.4 is 5.56 Å². The van der Waals surface area contributed by atoms with E-state index in [1.54, 1.807) is 27.7 Å². The number of hydrogen-bond acceptors (Lipinski definition) is 6. The summed E-state index contributed by atoms with van der Waals surface area (Å²) in [6.45, 7) is 11.5. The highest BCUT2D eigenvalue weighted by atomic mass is 16.6. The van der Waals surface area contributed by atoms with Crippen molar-refractivity contribution in [3.05, 3.63) is 76.3 Å². The first kappa shape index (κ1) is 28.1. The standard InChI is InChI=1S/C31H37N3O5/c1-30(2,3)38-25(35)19-11-14-21-13-10-17-23-26(21)28(36)34(22-15-8-7-9-16-22)27(32-23)24-18-12-20-33(24)29(37)39-31(4,5)6/h7-11,13-17,24H,12,18-20H2,1-6H3/b14-11+. The van der Waals surface area contributed by atoms with Crippen LogP contribution in [0.2, 0.25) is 0 Å². The monoisotopic (exact) mass is 531 g/mol. The van der Waals surface area contributed by atoms with Gasteiger partial charge < -0.3 is 9.47 Å². The molecule has 1 unspecified atom stereocenters. The number of nitrogens with zero attached hydrogens (tertiary/aromatic N) is 3. The van der Waals surface area contributed by atoms with Gasteiger partial charge in [-0.25, -0.2) is 9.78 Å². The highest BCUT2D eigenvalue weighted by Gasteiger charge is 2.36. The molecule has 0 saturated carbocycles. The van der Waals surface area contributed by atoms with Crippen LogP contribution in [-0.4, -0.2) is 44.3 Å². The molecule has 206 valence electrons. The summed E-state index contributed by atoms with van der Waals surface area (Å²) >= 11 is 0. The molecule has 8 heteroatoms. The molecule has 1 aromatic heterocycles. The predicted octanol–water partition coefficient (Wildman–Crippen LogP) is 6.20. The number of fused-ring (bicyclic) bond motifs is 1. The van der Waals surface area contributed by atoms with Gasteiger partial charge in [0.05, 0.1) is 29.1 Å². The van der Waals surface area contributed by atoms with E-state index in [2.05, 4.69) is 0 Å². The first-order valence-electron chi connectivity index (χ1n) is 13.3. The second-order valence-corrected chi connectivity index (χ2v) is 11.7. The zero-order valence-electron chi connectivity index (χ0n) is 23.6.